The zero-order valence-electron chi connectivity index (χ0n) is 10.1. The molecule has 1 aromatic rings. The van der Waals surface area contributed by atoms with E-state index in [1.165, 1.54) is 18.2 Å². The van der Waals surface area contributed by atoms with Crippen molar-refractivity contribution in [2.45, 2.75) is 19.9 Å². The zero-order chi connectivity index (χ0) is 13.9. The lowest BCUT2D eigenvalue weighted by Crippen LogP contribution is -2.39. The molecule has 0 aliphatic rings. The highest BCUT2D eigenvalue weighted by Gasteiger charge is 2.17. The SMILES string of the molecule is CC(C)C(N)C(=O)Nc1cc(Cl)cc(C(=O)O)c1. The molecule has 98 valence electrons. The van der Waals surface area contributed by atoms with Gasteiger partial charge in [-0.3, -0.25) is 4.79 Å². The van der Waals surface area contributed by atoms with Crippen molar-refractivity contribution in [1.29, 1.82) is 0 Å². The smallest absolute Gasteiger partial charge is 0.335 e. The number of carboxylic acid groups (broad SMARTS) is 1. The Morgan fingerprint density at radius 1 is 1.33 bits per heavy atom. The van der Waals surface area contributed by atoms with Crippen molar-refractivity contribution < 1.29 is 14.7 Å². The van der Waals surface area contributed by atoms with E-state index in [0.717, 1.165) is 0 Å². The van der Waals surface area contributed by atoms with Gasteiger partial charge in [-0.2, -0.15) is 0 Å². The first-order valence-electron chi connectivity index (χ1n) is 5.41. The summed E-state index contributed by atoms with van der Waals surface area (Å²) in [5, 5.41) is 11.7. The number of benzene rings is 1. The Kier molecular flexibility index (Phi) is 4.69. The molecule has 1 aromatic carbocycles. The van der Waals surface area contributed by atoms with Crippen LogP contribution in [0.5, 0.6) is 0 Å². The van der Waals surface area contributed by atoms with E-state index < -0.39 is 12.0 Å². The molecule has 6 heteroatoms. The molecule has 0 heterocycles. The minimum absolute atomic E-state index is 0.0101. The first kappa shape index (κ1) is 14.5. The highest BCUT2D eigenvalue weighted by Crippen LogP contribution is 2.19. The van der Waals surface area contributed by atoms with E-state index in [-0.39, 0.29) is 22.4 Å². The molecule has 0 saturated carbocycles. The van der Waals surface area contributed by atoms with Crippen LogP contribution in [-0.2, 0) is 4.79 Å². The fourth-order valence-corrected chi connectivity index (χ4v) is 1.55. The molecule has 0 aliphatic heterocycles. The second-order valence-corrected chi connectivity index (χ2v) is 4.73. The van der Waals surface area contributed by atoms with Gasteiger partial charge >= 0.3 is 5.97 Å². The number of amides is 1. The van der Waals surface area contributed by atoms with Gasteiger partial charge in [-0.05, 0) is 24.1 Å². The van der Waals surface area contributed by atoms with Crippen LogP contribution in [0.25, 0.3) is 0 Å². The summed E-state index contributed by atoms with van der Waals surface area (Å²) < 4.78 is 0. The standard InChI is InChI=1S/C12H15ClN2O3/c1-6(2)10(14)11(16)15-9-4-7(12(17)18)3-8(13)5-9/h3-6,10H,14H2,1-2H3,(H,15,16)(H,17,18). The van der Waals surface area contributed by atoms with Crippen molar-refractivity contribution >= 4 is 29.2 Å². The number of halogens is 1. The van der Waals surface area contributed by atoms with Crippen LogP contribution in [0, 0.1) is 5.92 Å². The predicted octanol–water partition coefficient (Wildman–Crippen LogP) is 1.96. The molecule has 0 bridgehead atoms. The third-order valence-corrected chi connectivity index (χ3v) is 2.65. The number of carboxylic acids is 1. The fourth-order valence-electron chi connectivity index (χ4n) is 1.31. The average molecular weight is 271 g/mol. The van der Waals surface area contributed by atoms with Crippen molar-refractivity contribution in [2.75, 3.05) is 5.32 Å². The lowest BCUT2D eigenvalue weighted by Gasteiger charge is -2.15. The van der Waals surface area contributed by atoms with Crippen molar-refractivity contribution in [1.82, 2.24) is 0 Å². The van der Waals surface area contributed by atoms with E-state index in [1.807, 2.05) is 13.8 Å². The molecule has 0 fully saturated rings. The minimum Gasteiger partial charge on any atom is -0.478 e. The van der Waals surface area contributed by atoms with Gasteiger partial charge in [-0.25, -0.2) is 4.79 Å². The molecule has 0 saturated heterocycles. The van der Waals surface area contributed by atoms with Gasteiger partial charge in [0.1, 0.15) is 0 Å². The molecule has 1 rings (SSSR count). The molecule has 1 amide bonds. The first-order valence-corrected chi connectivity index (χ1v) is 5.79. The number of anilines is 1. The maximum atomic E-state index is 11.7. The lowest BCUT2D eigenvalue weighted by atomic mass is 10.0. The van der Waals surface area contributed by atoms with Crippen LogP contribution in [0.15, 0.2) is 18.2 Å². The molecule has 4 N–H and O–H groups in total. The number of nitrogens with two attached hydrogens (primary N) is 1. The number of aromatic carboxylic acids is 1. The van der Waals surface area contributed by atoms with Crippen molar-refractivity contribution in [2.24, 2.45) is 11.7 Å². The molecule has 0 spiro atoms. The van der Waals surface area contributed by atoms with Crippen LogP contribution >= 0.6 is 11.6 Å². The highest BCUT2D eigenvalue weighted by molar-refractivity contribution is 6.31. The van der Waals surface area contributed by atoms with Crippen LogP contribution < -0.4 is 11.1 Å². The molecule has 0 radical (unpaired) electrons. The second-order valence-electron chi connectivity index (χ2n) is 4.29. The molecule has 0 aromatic heterocycles. The highest BCUT2D eigenvalue weighted by atomic mass is 35.5. The minimum atomic E-state index is -1.11. The molecule has 1 atom stereocenters. The maximum absolute atomic E-state index is 11.7. The summed E-state index contributed by atoms with van der Waals surface area (Å²) in [5.41, 5.74) is 6.01. The van der Waals surface area contributed by atoms with Crippen molar-refractivity contribution in [3.8, 4) is 0 Å². The van der Waals surface area contributed by atoms with Gasteiger partial charge in [0.25, 0.3) is 0 Å². The largest absolute Gasteiger partial charge is 0.478 e. The van der Waals surface area contributed by atoms with Crippen molar-refractivity contribution in [3.05, 3.63) is 28.8 Å². The third-order valence-electron chi connectivity index (χ3n) is 2.43. The van der Waals surface area contributed by atoms with E-state index in [2.05, 4.69) is 5.32 Å². The van der Waals surface area contributed by atoms with Crippen molar-refractivity contribution in [3.63, 3.8) is 0 Å². The Hall–Kier alpha value is -1.59. The van der Waals surface area contributed by atoms with Gasteiger partial charge in [0.15, 0.2) is 0 Å². The summed E-state index contributed by atoms with van der Waals surface area (Å²) in [6, 6.07) is 3.46. The second kappa shape index (κ2) is 5.84. The van der Waals surface area contributed by atoms with E-state index in [0.29, 0.717) is 5.69 Å². The molecule has 1 unspecified atom stereocenters. The summed E-state index contributed by atoms with van der Waals surface area (Å²) >= 11 is 5.77. The van der Waals surface area contributed by atoms with Crippen LogP contribution in [0.1, 0.15) is 24.2 Å². The van der Waals surface area contributed by atoms with Gasteiger partial charge in [-0.1, -0.05) is 25.4 Å². The zero-order valence-corrected chi connectivity index (χ0v) is 10.9. The molecular weight excluding hydrogens is 256 g/mol. The number of rotatable bonds is 4. The third kappa shape index (κ3) is 3.72. The maximum Gasteiger partial charge on any atom is 0.335 e. The van der Waals surface area contributed by atoms with Gasteiger partial charge in [0, 0.05) is 10.7 Å². The van der Waals surface area contributed by atoms with Crippen LogP contribution in [0.4, 0.5) is 5.69 Å². The number of hydrogen-bond donors (Lipinski definition) is 3. The van der Waals surface area contributed by atoms with Gasteiger partial charge in [-0.15, -0.1) is 0 Å². The number of carbonyl (C=O) groups is 2. The van der Waals surface area contributed by atoms with Crippen LogP contribution in [0.2, 0.25) is 5.02 Å². The summed E-state index contributed by atoms with van der Waals surface area (Å²) in [7, 11) is 0. The number of carbonyl (C=O) groups excluding carboxylic acids is 1. The quantitative estimate of drug-likeness (QED) is 0.780. The predicted molar refractivity (Wildman–Crippen MR) is 69.9 cm³/mol. The summed E-state index contributed by atoms with van der Waals surface area (Å²) in [6.45, 7) is 3.65. The van der Waals surface area contributed by atoms with E-state index in [1.54, 1.807) is 0 Å². The first-order chi connectivity index (χ1) is 8.31. The topological polar surface area (TPSA) is 92.4 Å². The molecule has 5 nitrogen and oxygen atoms in total. The number of hydrogen-bond acceptors (Lipinski definition) is 3. The Morgan fingerprint density at radius 3 is 2.44 bits per heavy atom. The molecular formula is C12H15ClN2O3. The summed E-state index contributed by atoms with van der Waals surface area (Å²) in [5.74, 6) is -1.49. The fraction of sp³-hybridized carbons (Fsp3) is 0.333. The van der Waals surface area contributed by atoms with E-state index in [9.17, 15) is 9.59 Å². The van der Waals surface area contributed by atoms with Gasteiger partial charge in [0.05, 0.1) is 11.6 Å². The molecule has 18 heavy (non-hydrogen) atoms. The average Bonchev–Trinajstić information content (AvgIpc) is 2.26. The Labute approximate surface area is 110 Å². The molecule has 0 aliphatic carbocycles. The summed E-state index contributed by atoms with van der Waals surface area (Å²) in [4.78, 5) is 22.6. The Balaban J connectivity index is 2.91. The normalized spacial score (nSPS) is 12.3. The van der Waals surface area contributed by atoms with Gasteiger partial charge < -0.3 is 16.2 Å². The Bertz CT molecular complexity index is 474. The monoisotopic (exact) mass is 270 g/mol. The Morgan fingerprint density at radius 2 is 1.94 bits per heavy atom. The number of nitrogens with one attached hydrogen (secondary N) is 1. The summed E-state index contributed by atoms with van der Waals surface area (Å²) in [6.07, 6.45) is 0. The van der Waals surface area contributed by atoms with Crippen LogP contribution in [0.3, 0.4) is 0 Å². The van der Waals surface area contributed by atoms with Gasteiger partial charge in [0.2, 0.25) is 5.91 Å². The lowest BCUT2D eigenvalue weighted by molar-refractivity contribution is -0.118. The van der Waals surface area contributed by atoms with E-state index in [4.69, 9.17) is 22.4 Å². The van der Waals surface area contributed by atoms with Crippen LogP contribution in [-0.4, -0.2) is 23.0 Å². The van der Waals surface area contributed by atoms with E-state index >= 15 is 0 Å².